The van der Waals surface area contributed by atoms with Crippen molar-refractivity contribution in [3.63, 3.8) is 0 Å². The molecule has 0 radical (unpaired) electrons. The van der Waals surface area contributed by atoms with Crippen molar-refractivity contribution in [3.05, 3.63) is 0 Å². The van der Waals surface area contributed by atoms with Crippen LogP contribution in [-0.4, -0.2) is 26.2 Å². The largest absolute Gasteiger partial charge is 0.469 e. The van der Waals surface area contributed by atoms with Gasteiger partial charge in [0, 0.05) is 13.1 Å². The van der Waals surface area contributed by atoms with Crippen molar-refractivity contribution in [3.8, 4) is 0 Å². The molecule has 2 fully saturated rings. The zero-order valence-electron chi connectivity index (χ0n) is 10.6. The van der Waals surface area contributed by atoms with E-state index in [0.29, 0.717) is 5.41 Å². The number of carbonyl (C=O) groups is 1. The highest BCUT2D eigenvalue weighted by Gasteiger charge is 2.50. The lowest BCUT2D eigenvalue weighted by atomic mass is 9.61. The minimum atomic E-state index is -0.0234. The SMILES string of the molecule is COC(=O)C1CNCC12CCC(C)(C)CC2. The van der Waals surface area contributed by atoms with E-state index in [2.05, 4.69) is 19.2 Å². The summed E-state index contributed by atoms with van der Waals surface area (Å²) in [4.78, 5) is 11.8. The van der Waals surface area contributed by atoms with Gasteiger partial charge in [-0.2, -0.15) is 0 Å². The third-order valence-electron chi connectivity index (χ3n) is 4.65. The fourth-order valence-corrected chi connectivity index (χ4v) is 3.23. The topological polar surface area (TPSA) is 38.3 Å². The summed E-state index contributed by atoms with van der Waals surface area (Å²) in [5, 5.41) is 3.37. The average Bonchev–Trinajstić information content (AvgIpc) is 2.66. The Balaban J connectivity index is 2.10. The highest BCUT2D eigenvalue weighted by molar-refractivity contribution is 5.74. The molecule has 1 heterocycles. The third kappa shape index (κ3) is 1.97. The predicted octanol–water partition coefficient (Wildman–Crippen LogP) is 1.97. The van der Waals surface area contributed by atoms with Gasteiger partial charge in [0.15, 0.2) is 0 Å². The summed E-state index contributed by atoms with van der Waals surface area (Å²) in [5.74, 6) is 0.0540. The number of hydrogen-bond acceptors (Lipinski definition) is 3. The van der Waals surface area contributed by atoms with Gasteiger partial charge >= 0.3 is 5.97 Å². The van der Waals surface area contributed by atoms with Crippen LogP contribution in [0.5, 0.6) is 0 Å². The molecule has 1 aliphatic carbocycles. The van der Waals surface area contributed by atoms with Crippen LogP contribution < -0.4 is 5.32 Å². The lowest BCUT2D eigenvalue weighted by molar-refractivity contribution is -0.149. The van der Waals surface area contributed by atoms with Crippen LogP contribution >= 0.6 is 0 Å². The first kappa shape index (κ1) is 11.9. The van der Waals surface area contributed by atoms with E-state index in [1.807, 2.05) is 0 Å². The van der Waals surface area contributed by atoms with Crippen molar-refractivity contribution < 1.29 is 9.53 Å². The summed E-state index contributed by atoms with van der Waals surface area (Å²) in [6.07, 6.45) is 4.77. The van der Waals surface area contributed by atoms with Crippen LogP contribution in [0, 0.1) is 16.7 Å². The van der Waals surface area contributed by atoms with Gasteiger partial charge in [-0.25, -0.2) is 0 Å². The van der Waals surface area contributed by atoms with Crippen molar-refractivity contribution in [2.75, 3.05) is 20.2 Å². The van der Waals surface area contributed by atoms with E-state index in [-0.39, 0.29) is 17.3 Å². The van der Waals surface area contributed by atoms with Gasteiger partial charge in [0.1, 0.15) is 0 Å². The van der Waals surface area contributed by atoms with Crippen molar-refractivity contribution in [1.82, 2.24) is 5.32 Å². The molecule has 0 bridgehead atoms. The van der Waals surface area contributed by atoms with E-state index >= 15 is 0 Å². The predicted molar refractivity (Wildman–Crippen MR) is 63.1 cm³/mol. The molecule has 0 amide bonds. The van der Waals surface area contributed by atoms with E-state index in [9.17, 15) is 4.79 Å². The minimum absolute atomic E-state index is 0.0234. The van der Waals surface area contributed by atoms with Crippen molar-refractivity contribution >= 4 is 5.97 Å². The van der Waals surface area contributed by atoms with Gasteiger partial charge in [0.25, 0.3) is 0 Å². The molecule has 0 aromatic heterocycles. The molecule has 3 heteroatoms. The second kappa shape index (κ2) is 4.02. The number of esters is 1. The van der Waals surface area contributed by atoms with Gasteiger partial charge in [-0.15, -0.1) is 0 Å². The second-order valence-corrected chi connectivity index (χ2v) is 6.23. The summed E-state index contributed by atoms with van der Waals surface area (Å²) >= 11 is 0. The summed E-state index contributed by atoms with van der Waals surface area (Å²) in [6.45, 7) is 6.45. The summed E-state index contributed by atoms with van der Waals surface area (Å²) < 4.78 is 4.93. The molecule has 1 unspecified atom stereocenters. The van der Waals surface area contributed by atoms with Gasteiger partial charge in [0.05, 0.1) is 13.0 Å². The third-order valence-corrected chi connectivity index (χ3v) is 4.65. The first-order valence-corrected chi connectivity index (χ1v) is 6.28. The normalized spacial score (nSPS) is 31.6. The average molecular weight is 225 g/mol. The van der Waals surface area contributed by atoms with Crippen LogP contribution in [-0.2, 0) is 9.53 Å². The molecule has 2 rings (SSSR count). The molecule has 1 saturated carbocycles. The molecular weight excluding hydrogens is 202 g/mol. The van der Waals surface area contributed by atoms with Crippen LogP contribution in [0.25, 0.3) is 0 Å². The van der Waals surface area contributed by atoms with E-state index in [1.54, 1.807) is 0 Å². The van der Waals surface area contributed by atoms with E-state index in [4.69, 9.17) is 4.74 Å². The zero-order chi connectivity index (χ0) is 11.8. The molecule has 92 valence electrons. The molecule has 1 spiro atoms. The van der Waals surface area contributed by atoms with Gasteiger partial charge in [-0.05, 0) is 36.5 Å². The molecule has 0 aromatic rings. The Morgan fingerprint density at radius 1 is 1.25 bits per heavy atom. The summed E-state index contributed by atoms with van der Waals surface area (Å²) in [5.41, 5.74) is 0.636. The minimum Gasteiger partial charge on any atom is -0.469 e. The maximum absolute atomic E-state index is 11.8. The Labute approximate surface area is 97.9 Å². The first-order valence-electron chi connectivity index (χ1n) is 6.28. The lowest BCUT2D eigenvalue weighted by Crippen LogP contribution is -2.40. The van der Waals surface area contributed by atoms with Crippen LogP contribution in [0.3, 0.4) is 0 Å². The number of hydrogen-bond donors (Lipinski definition) is 1. The van der Waals surface area contributed by atoms with Crippen LogP contribution in [0.1, 0.15) is 39.5 Å². The molecule has 1 saturated heterocycles. The molecule has 1 aliphatic heterocycles. The fraction of sp³-hybridized carbons (Fsp3) is 0.923. The maximum Gasteiger partial charge on any atom is 0.310 e. The lowest BCUT2D eigenvalue weighted by Gasteiger charge is -2.43. The molecule has 16 heavy (non-hydrogen) atoms. The van der Waals surface area contributed by atoms with Crippen molar-refractivity contribution in [2.45, 2.75) is 39.5 Å². The highest BCUT2D eigenvalue weighted by atomic mass is 16.5. The standard InChI is InChI=1S/C13H23NO2/c1-12(2)4-6-13(7-5-12)9-14-8-10(13)11(15)16-3/h10,14H,4-9H2,1-3H3. The quantitative estimate of drug-likeness (QED) is 0.693. The van der Waals surface area contributed by atoms with Gasteiger partial charge in [0.2, 0.25) is 0 Å². The van der Waals surface area contributed by atoms with E-state index < -0.39 is 0 Å². The molecule has 1 atom stereocenters. The smallest absolute Gasteiger partial charge is 0.310 e. The van der Waals surface area contributed by atoms with Gasteiger partial charge in [-0.3, -0.25) is 4.79 Å². The number of carbonyl (C=O) groups excluding carboxylic acids is 1. The monoisotopic (exact) mass is 225 g/mol. The van der Waals surface area contributed by atoms with Crippen molar-refractivity contribution in [2.24, 2.45) is 16.7 Å². The summed E-state index contributed by atoms with van der Waals surface area (Å²) in [6, 6.07) is 0. The highest BCUT2D eigenvalue weighted by Crippen LogP contribution is 2.50. The molecule has 3 nitrogen and oxygen atoms in total. The summed E-state index contributed by atoms with van der Waals surface area (Å²) in [7, 11) is 1.50. The Kier molecular flexibility index (Phi) is 2.99. The number of rotatable bonds is 1. The zero-order valence-corrected chi connectivity index (χ0v) is 10.6. The Morgan fingerprint density at radius 3 is 2.44 bits per heavy atom. The Morgan fingerprint density at radius 2 is 1.88 bits per heavy atom. The van der Waals surface area contributed by atoms with Crippen molar-refractivity contribution in [1.29, 1.82) is 0 Å². The van der Waals surface area contributed by atoms with Crippen LogP contribution in [0.4, 0.5) is 0 Å². The molecule has 2 aliphatic rings. The second-order valence-electron chi connectivity index (χ2n) is 6.23. The number of methoxy groups -OCH3 is 1. The maximum atomic E-state index is 11.8. The van der Waals surface area contributed by atoms with Crippen LogP contribution in [0.2, 0.25) is 0 Å². The first-order chi connectivity index (χ1) is 7.49. The van der Waals surface area contributed by atoms with Gasteiger partial charge < -0.3 is 10.1 Å². The van der Waals surface area contributed by atoms with E-state index in [0.717, 1.165) is 25.9 Å². The Bertz CT molecular complexity index is 276. The fourth-order valence-electron chi connectivity index (χ4n) is 3.23. The number of nitrogens with one attached hydrogen (secondary N) is 1. The molecule has 0 aromatic carbocycles. The number of ether oxygens (including phenoxy) is 1. The molecular formula is C13H23NO2. The van der Waals surface area contributed by atoms with E-state index in [1.165, 1.54) is 20.0 Å². The molecule has 1 N–H and O–H groups in total. The Hall–Kier alpha value is -0.570. The van der Waals surface area contributed by atoms with Gasteiger partial charge in [-0.1, -0.05) is 13.8 Å². The van der Waals surface area contributed by atoms with Crippen LogP contribution in [0.15, 0.2) is 0 Å².